The second-order valence-electron chi connectivity index (χ2n) is 8.01. The molecular formula is C16H32O5Si. The monoisotopic (exact) mass is 332 g/mol. The summed E-state index contributed by atoms with van der Waals surface area (Å²) in [4.78, 5) is 12.3. The number of ketones is 1. The van der Waals surface area contributed by atoms with Gasteiger partial charge in [-0.3, -0.25) is 4.79 Å². The Balaban J connectivity index is 2.32. The molecule has 1 aliphatic rings. The van der Waals surface area contributed by atoms with Crippen LogP contribution in [-0.4, -0.2) is 46.0 Å². The number of ether oxygens (including phenoxy) is 3. The summed E-state index contributed by atoms with van der Waals surface area (Å²) in [6.45, 7) is 17.3. The maximum atomic E-state index is 12.3. The minimum Gasteiger partial charge on any atom is -0.395 e. The third-order valence-electron chi connectivity index (χ3n) is 4.49. The molecule has 2 atom stereocenters. The second kappa shape index (κ2) is 7.09. The average Bonchev–Trinajstić information content (AvgIpc) is 2.72. The molecule has 1 rings (SSSR count). The summed E-state index contributed by atoms with van der Waals surface area (Å²) in [7, 11) is -1.80. The normalized spacial score (nSPS) is 23.5. The van der Waals surface area contributed by atoms with E-state index in [0.717, 1.165) is 0 Å². The zero-order valence-electron chi connectivity index (χ0n) is 15.3. The van der Waals surface area contributed by atoms with Gasteiger partial charge in [-0.15, -0.1) is 0 Å². The first kappa shape index (κ1) is 19.8. The van der Waals surface area contributed by atoms with E-state index < -0.39 is 20.2 Å². The minimum absolute atomic E-state index is 0.0258. The van der Waals surface area contributed by atoms with E-state index in [1.165, 1.54) is 0 Å². The first-order valence-electron chi connectivity index (χ1n) is 7.93. The predicted molar refractivity (Wildman–Crippen MR) is 88.2 cm³/mol. The van der Waals surface area contributed by atoms with Crippen molar-refractivity contribution in [3.63, 3.8) is 0 Å². The zero-order valence-corrected chi connectivity index (χ0v) is 16.3. The zero-order chi connectivity index (χ0) is 17.2. The van der Waals surface area contributed by atoms with Gasteiger partial charge in [-0.25, -0.2) is 0 Å². The van der Waals surface area contributed by atoms with Gasteiger partial charge < -0.3 is 18.6 Å². The third kappa shape index (κ3) is 5.42. The first-order valence-corrected chi connectivity index (χ1v) is 10.8. The summed E-state index contributed by atoms with van der Waals surface area (Å²) >= 11 is 0. The number of carbonyl (C=O) groups excluding carboxylic acids is 1. The minimum atomic E-state index is -1.80. The maximum Gasteiger partial charge on any atom is 0.195 e. The highest BCUT2D eigenvalue weighted by Crippen LogP contribution is 2.36. The van der Waals surface area contributed by atoms with Crippen LogP contribution in [0.5, 0.6) is 0 Å². The van der Waals surface area contributed by atoms with Gasteiger partial charge in [-0.2, -0.15) is 0 Å². The molecule has 0 aliphatic carbocycles. The molecule has 0 saturated carbocycles. The molecule has 0 N–H and O–H groups in total. The Morgan fingerprint density at radius 1 is 1.36 bits per heavy atom. The van der Waals surface area contributed by atoms with Crippen LogP contribution in [0.3, 0.4) is 0 Å². The summed E-state index contributed by atoms with van der Waals surface area (Å²) in [5, 5.41) is 0.151. The number of Topliss-reactive ketones (excluding diaryl/α,β-unsaturated/α-hetero) is 1. The molecule has 6 heteroatoms. The van der Waals surface area contributed by atoms with Crippen LogP contribution in [-0.2, 0) is 23.4 Å². The van der Waals surface area contributed by atoms with Crippen LogP contribution in [0, 0.1) is 5.92 Å². The summed E-state index contributed by atoms with van der Waals surface area (Å²) in [6.07, 6.45) is -0.491. The molecule has 22 heavy (non-hydrogen) atoms. The van der Waals surface area contributed by atoms with E-state index >= 15 is 0 Å². The molecule has 0 aromatic rings. The molecule has 0 spiro atoms. The SMILES string of the molecule is CC(COCO[Si](C)(C)C(C)(C)C)C(=O)[C@H]1COC(C)(C)O1. The van der Waals surface area contributed by atoms with Crippen LogP contribution in [0.15, 0.2) is 0 Å². The van der Waals surface area contributed by atoms with Crippen molar-refractivity contribution < 1.29 is 23.4 Å². The summed E-state index contributed by atoms with van der Waals surface area (Å²) in [5.74, 6) is -0.879. The van der Waals surface area contributed by atoms with Gasteiger partial charge in [0.25, 0.3) is 0 Å². The van der Waals surface area contributed by atoms with Crippen LogP contribution >= 0.6 is 0 Å². The largest absolute Gasteiger partial charge is 0.395 e. The van der Waals surface area contributed by atoms with E-state index in [9.17, 15) is 4.79 Å². The van der Waals surface area contributed by atoms with Crippen LogP contribution in [0.1, 0.15) is 41.5 Å². The predicted octanol–water partition coefficient (Wildman–Crippen LogP) is 3.34. The van der Waals surface area contributed by atoms with Crippen LogP contribution in [0.2, 0.25) is 18.1 Å². The van der Waals surface area contributed by atoms with Crippen LogP contribution in [0.4, 0.5) is 0 Å². The molecule has 1 saturated heterocycles. The molecule has 1 aliphatic heterocycles. The van der Waals surface area contributed by atoms with E-state index in [1.807, 2.05) is 20.8 Å². The highest BCUT2D eigenvalue weighted by Gasteiger charge is 2.39. The molecule has 5 nitrogen and oxygen atoms in total. The van der Waals surface area contributed by atoms with Crippen molar-refractivity contribution in [3.05, 3.63) is 0 Å². The molecule has 1 heterocycles. The van der Waals surface area contributed by atoms with E-state index in [1.54, 1.807) is 0 Å². The van der Waals surface area contributed by atoms with Crippen molar-refractivity contribution in [1.82, 2.24) is 0 Å². The summed E-state index contributed by atoms with van der Waals surface area (Å²) in [5.41, 5.74) is 0. The number of hydrogen-bond donors (Lipinski definition) is 0. The Morgan fingerprint density at radius 3 is 2.41 bits per heavy atom. The lowest BCUT2D eigenvalue weighted by Gasteiger charge is -2.35. The molecule has 0 aromatic heterocycles. The van der Waals surface area contributed by atoms with E-state index in [-0.39, 0.29) is 23.5 Å². The fourth-order valence-corrected chi connectivity index (χ4v) is 2.67. The van der Waals surface area contributed by atoms with Gasteiger partial charge in [-0.05, 0) is 32.0 Å². The third-order valence-corrected chi connectivity index (χ3v) is 8.94. The van der Waals surface area contributed by atoms with Crippen molar-refractivity contribution in [2.45, 2.75) is 71.6 Å². The maximum absolute atomic E-state index is 12.3. The fraction of sp³-hybridized carbons (Fsp3) is 0.938. The van der Waals surface area contributed by atoms with E-state index in [2.05, 4.69) is 33.9 Å². The van der Waals surface area contributed by atoms with Crippen molar-refractivity contribution in [2.75, 3.05) is 20.0 Å². The molecule has 130 valence electrons. The van der Waals surface area contributed by atoms with Crippen LogP contribution < -0.4 is 0 Å². The molecule has 0 aromatic carbocycles. The van der Waals surface area contributed by atoms with Gasteiger partial charge in [-0.1, -0.05) is 27.7 Å². The fourth-order valence-electron chi connectivity index (χ4n) is 1.86. The van der Waals surface area contributed by atoms with Crippen molar-refractivity contribution in [2.24, 2.45) is 5.92 Å². The lowest BCUT2D eigenvalue weighted by Crippen LogP contribution is -2.41. The number of carbonyl (C=O) groups is 1. The Labute approximate surface area is 135 Å². The van der Waals surface area contributed by atoms with Gasteiger partial charge in [0.1, 0.15) is 12.9 Å². The first-order chi connectivity index (χ1) is 9.86. The second-order valence-corrected chi connectivity index (χ2v) is 12.8. The van der Waals surface area contributed by atoms with E-state index in [0.29, 0.717) is 13.2 Å². The van der Waals surface area contributed by atoms with Crippen molar-refractivity contribution >= 4 is 14.1 Å². The summed E-state index contributed by atoms with van der Waals surface area (Å²) < 4.78 is 22.5. The quantitative estimate of drug-likeness (QED) is 0.406. The van der Waals surface area contributed by atoms with Crippen LogP contribution in [0.25, 0.3) is 0 Å². The average molecular weight is 333 g/mol. The Hall–Kier alpha value is -0.273. The smallest absolute Gasteiger partial charge is 0.195 e. The standard InChI is InChI=1S/C16H32O5Si/c1-12(14(17)13-10-19-16(5,6)21-13)9-18-11-20-22(7,8)15(2,3)4/h12-13H,9-11H2,1-8H3/t12?,13-/m1/s1. The molecule has 0 radical (unpaired) electrons. The lowest BCUT2D eigenvalue weighted by atomic mass is 10.0. The summed E-state index contributed by atoms with van der Waals surface area (Å²) in [6, 6.07) is 0. The molecular weight excluding hydrogens is 300 g/mol. The van der Waals surface area contributed by atoms with Gasteiger partial charge in [0.2, 0.25) is 0 Å². The Bertz CT molecular complexity index is 386. The van der Waals surface area contributed by atoms with Crippen molar-refractivity contribution in [3.8, 4) is 0 Å². The number of hydrogen-bond acceptors (Lipinski definition) is 5. The molecule has 0 bridgehead atoms. The molecule has 1 fully saturated rings. The lowest BCUT2D eigenvalue weighted by molar-refractivity contribution is -0.155. The van der Waals surface area contributed by atoms with E-state index in [4.69, 9.17) is 18.6 Å². The highest BCUT2D eigenvalue weighted by molar-refractivity contribution is 6.74. The topological polar surface area (TPSA) is 54.0 Å². The van der Waals surface area contributed by atoms with Crippen molar-refractivity contribution in [1.29, 1.82) is 0 Å². The Morgan fingerprint density at radius 2 is 1.95 bits per heavy atom. The molecule has 1 unspecified atom stereocenters. The number of rotatable bonds is 7. The van der Waals surface area contributed by atoms with Gasteiger partial charge in [0.05, 0.1) is 13.2 Å². The van der Waals surface area contributed by atoms with Gasteiger partial charge in [0.15, 0.2) is 19.9 Å². The Kier molecular flexibility index (Phi) is 6.37. The molecule has 0 amide bonds. The highest BCUT2D eigenvalue weighted by atomic mass is 28.4. The van der Waals surface area contributed by atoms with Gasteiger partial charge >= 0.3 is 0 Å². The van der Waals surface area contributed by atoms with Gasteiger partial charge in [0, 0.05) is 5.92 Å².